The summed E-state index contributed by atoms with van der Waals surface area (Å²) in [4.78, 5) is 29.9. The maximum Gasteiger partial charge on any atom is 0.265 e. The van der Waals surface area contributed by atoms with Crippen molar-refractivity contribution < 1.29 is 37.0 Å². The molecule has 4 aromatic carbocycles. The molecule has 0 aliphatic heterocycles. The lowest BCUT2D eigenvalue weighted by atomic mass is 10.0. The van der Waals surface area contributed by atoms with Crippen molar-refractivity contribution in [2.24, 2.45) is 0 Å². The summed E-state index contributed by atoms with van der Waals surface area (Å²) in [5.74, 6) is -0.0543. The highest BCUT2D eigenvalue weighted by atomic mass is 35.5. The molecule has 2 amide bonds. The van der Waals surface area contributed by atoms with Crippen molar-refractivity contribution in [3.05, 3.63) is 107 Å². The van der Waals surface area contributed by atoms with E-state index >= 15 is 0 Å². The number of hydrogen-bond acceptors (Lipinski definition) is 8. The highest BCUT2D eigenvalue weighted by Gasteiger charge is 2.36. The zero-order valence-corrected chi connectivity index (χ0v) is 30.3. The molecule has 0 fully saturated rings. The minimum atomic E-state index is -4.51. The van der Waals surface area contributed by atoms with Gasteiger partial charge in [-0.05, 0) is 47.9 Å². The van der Waals surface area contributed by atoms with Crippen LogP contribution in [0.1, 0.15) is 24.5 Å². The predicted molar refractivity (Wildman–Crippen MR) is 193 cm³/mol. The molecule has 0 aliphatic carbocycles. The Balaban J connectivity index is 1.90. The first kappa shape index (κ1) is 37.9. The van der Waals surface area contributed by atoms with E-state index in [0.29, 0.717) is 35.1 Å². The number of sulfonamides is 1. The third kappa shape index (κ3) is 8.99. The number of halogens is 1. The van der Waals surface area contributed by atoms with Gasteiger partial charge in [-0.3, -0.25) is 13.9 Å². The van der Waals surface area contributed by atoms with Crippen LogP contribution < -0.4 is 28.6 Å². The summed E-state index contributed by atoms with van der Waals surface area (Å²) in [6.07, 6.45) is 0.840. The molecule has 0 radical (unpaired) electrons. The molecular weight excluding hydrogens is 682 g/mol. The molecule has 4 rings (SSSR count). The lowest BCUT2D eigenvalue weighted by Crippen LogP contribution is -2.53. The van der Waals surface area contributed by atoms with E-state index in [1.54, 1.807) is 36.4 Å². The molecule has 0 spiro atoms. The zero-order chi connectivity index (χ0) is 36.3. The van der Waals surface area contributed by atoms with Crippen LogP contribution in [0.3, 0.4) is 0 Å². The predicted octanol–water partition coefficient (Wildman–Crippen LogP) is 5.74. The maximum absolute atomic E-state index is 14.8. The third-order valence-electron chi connectivity index (χ3n) is 8.00. The highest BCUT2D eigenvalue weighted by Crippen LogP contribution is 2.38. The second kappa shape index (κ2) is 17.6. The largest absolute Gasteiger partial charge is 0.497 e. The number of nitrogens with zero attached hydrogens (tertiary/aromatic N) is 2. The van der Waals surface area contributed by atoms with E-state index in [0.717, 1.165) is 9.87 Å². The first-order valence-corrected chi connectivity index (χ1v) is 17.7. The number of hydrogen-bond donors (Lipinski definition) is 1. The molecule has 0 heterocycles. The lowest BCUT2D eigenvalue weighted by molar-refractivity contribution is -0.140. The molecular formula is C37H42ClN3O8S. The molecule has 0 bridgehead atoms. The Morgan fingerprint density at radius 1 is 0.800 bits per heavy atom. The summed E-state index contributed by atoms with van der Waals surface area (Å²) in [5, 5.41) is 3.32. The molecule has 11 nitrogen and oxygen atoms in total. The summed E-state index contributed by atoms with van der Waals surface area (Å²) in [7, 11) is 1.16. The topological polar surface area (TPSA) is 124 Å². The molecule has 1 N–H and O–H groups in total. The number of anilines is 1. The van der Waals surface area contributed by atoms with Gasteiger partial charge in [-0.2, -0.15) is 0 Å². The normalized spacial score (nSPS) is 11.6. The van der Waals surface area contributed by atoms with E-state index < -0.39 is 28.5 Å². The number of amides is 2. The van der Waals surface area contributed by atoms with Crippen LogP contribution in [0, 0.1) is 0 Å². The third-order valence-corrected chi connectivity index (χ3v) is 10.1. The van der Waals surface area contributed by atoms with E-state index in [2.05, 4.69) is 5.32 Å². The number of carbonyl (C=O) groups is 2. The van der Waals surface area contributed by atoms with Crippen molar-refractivity contribution in [1.82, 2.24) is 10.2 Å². The quantitative estimate of drug-likeness (QED) is 0.147. The summed E-state index contributed by atoms with van der Waals surface area (Å²) < 4.78 is 52.0. The van der Waals surface area contributed by atoms with Crippen LogP contribution in [0.25, 0.3) is 0 Å². The molecule has 266 valence electrons. The van der Waals surface area contributed by atoms with Gasteiger partial charge in [0.05, 0.1) is 39.0 Å². The lowest BCUT2D eigenvalue weighted by Gasteiger charge is -2.34. The maximum atomic E-state index is 14.8. The SMILES string of the molecule is CCCNC(=O)[C@H](Cc1ccccc1)N(Cc1ccccc1Cl)C(=O)CN(c1cc(OC)ccc1OC)S(=O)(=O)c1ccc(OC)c(OC)c1. The Bertz CT molecular complexity index is 1870. The van der Waals surface area contributed by atoms with Gasteiger partial charge in [-0.1, -0.05) is 67.1 Å². The first-order chi connectivity index (χ1) is 24.1. The second-order valence-corrected chi connectivity index (χ2v) is 13.4. The fourth-order valence-corrected chi connectivity index (χ4v) is 6.97. The van der Waals surface area contributed by atoms with Gasteiger partial charge in [0.15, 0.2) is 11.5 Å². The summed E-state index contributed by atoms with van der Waals surface area (Å²) in [6, 6.07) is 24.0. The van der Waals surface area contributed by atoms with Crippen molar-refractivity contribution in [2.45, 2.75) is 37.2 Å². The second-order valence-electron chi connectivity index (χ2n) is 11.2. The Morgan fingerprint density at radius 3 is 2.10 bits per heavy atom. The van der Waals surface area contributed by atoms with Crippen molar-refractivity contribution in [3.8, 4) is 23.0 Å². The molecule has 4 aromatic rings. The van der Waals surface area contributed by atoms with E-state index in [1.165, 1.54) is 57.6 Å². The number of ether oxygens (including phenoxy) is 4. The number of benzene rings is 4. The number of carbonyl (C=O) groups excluding carboxylic acids is 2. The highest BCUT2D eigenvalue weighted by molar-refractivity contribution is 7.92. The summed E-state index contributed by atoms with van der Waals surface area (Å²) in [6.45, 7) is 1.53. The Morgan fingerprint density at radius 2 is 1.46 bits per heavy atom. The van der Waals surface area contributed by atoms with Gasteiger partial charge in [-0.15, -0.1) is 0 Å². The van der Waals surface area contributed by atoms with E-state index in [-0.39, 0.29) is 41.0 Å². The number of methoxy groups -OCH3 is 4. The smallest absolute Gasteiger partial charge is 0.265 e. The monoisotopic (exact) mass is 723 g/mol. The van der Waals surface area contributed by atoms with Crippen LogP contribution in [0.5, 0.6) is 23.0 Å². The molecule has 50 heavy (non-hydrogen) atoms. The number of nitrogens with one attached hydrogen (secondary N) is 1. The average Bonchev–Trinajstić information content (AvgIpc) is 3.14. The van der Waals surface area contributed by atoms with E-state index in [9.17, 15) is 18.0 Å². The van der Waals surface area contributed by atoms with Crippen LogP contribution in [-0.4, -0.2) is 72.7 Å². The molecule has 13 heteroatoms. The standard InChI is InChI=1S/C37H42ClN3O8S/c1-6-20-39-37(43)32(21-26-12-8-7-9-13-26)40(24-27-14-10-11-15-30(27)38)36(42)25-41(31-22-28(46-2)16-18-33(31)47-3)50(44,45)29-17-19-34(48-4)35(23-29)49-5/h7-19,22-23,32H,6,20-21,24-25H2,1-5H3,(H,39,43)/t32-/m0/s1. The minimum absolute atomic E-state index is 0.0442. The van der Waals surface area contributed by atoms with Crippen LogP contribution in [0.4, 0.5) is 5.69 Å². The molecule has 0 unspecified atom stereocenters. The first-order valence-electron chi connectivity index (χ1n) is 15.9. The molecule has 0 saturated carbocycles. The fraction of sp³-hybridized carbons (Fsp3) is 0.297. The Kier molecular flexibility index (Phi) is 13.4. The van der Waals surface area contributed by atoms with Gasteiger partial charge in [0.25, 0.3) is 10.0 Å². The van der Waals surface area contributed by atoms with Gasteiger partial charge in [0.1, 0.15) is 24.1 Å². The van der Waals surface area contributed by atoms with Gasteiger partial charge < -0.3 is 29.2 Å². The average molecular weight is 724 g/mol. The van der Waals surface area contributed by atoms with Gasteiger partial charge in [-0.25, -0.2) is 8.42 Å². The van der Waals surface area contributed by atoms with Crippen LogP contribution in [-0.2, 0) is 32.6 Å². The fourth-order valence-electron chi connectivity index (χ4n) is 5.34. The van der Waals surface area contributed by atoms with Crippen molar-refractivity contribution in [1.29, 1.82) is 0 Å². The number of rotatable bonds is 17. The van der Waals surface area contributed by atoms with Gasteiger partial charge in [0, 0.05) is 36.7 Å². The molecule has 0 aliphatic rings. The van der Waals surface area contributed by atoms with E-state index in [1.807, 2.05) is 37.3 Å². The Labute approximate surface area is 298 Å². The minimum Gasteiger partial charge on any atom is -0.497 e. The molecule has 0 saturated heterocycles. The van der Waals surface area contributed by atoms with Crippen LogP contribution in [0.15, 0.2) is 95.9 Å². The van der Waals surface area contributed by atoms with Gasteiger partial charge >= 0.3 is 0 Å². The van der Waals surface area contributed by atoms with Crippen LogP contribution >= 0.6 is 11.6 Å². The Hall–Kier alpha value is -4.94. The van der Waals surface area contributed by atoms with Crippen molar-refractivity contribution in [2.75, 3.05) is 45.8 Å². The molecule has 1 atom stereocenters. The van der Waals surface area contributed by atoms with Crippen LogP contribution in [0.2, 0.25) is 5.02 Å². The summed E-state index contributed by atoms with van der Waals surface area (Å²) in [5.41, 5.74) is 1.44. The van der Waals surface area contributed by atoms with Crippen molar-refractivity contribution in [3.63, 3.8) is 0 Å². The van der Waals surface area contributed by atoms with Crippen molar-refractivity contribution >= 4 is 39.1 Å². The zero-order valence-electron chi connectivity index (χ0n) is 28.7. The van der Waals surface area contributed by atoms with E-state index in [4.69, 9.17) is 30.5 Å². The molecule has 0 aromatic heterocycles. The summed E-state index contributed by atoms with van der Waals surface area (Å²) >= 11 is 6.58. The van der Waals surface area contributed by atoms with Gasteiger partial charge in [0.2, 0.25) is 11.8 Å².